The highest BCUT2D eigenvalue weighted by molar-refractivity contribution is 6.05. The summed E-state index contributed by atoms with van der Waals surface area (Å²) in [6, 6.07) is 120. The molecule has 0 N–H and O–H groups in total. The Labute approximate surface area is 619 Å². The zero-order valence-corrected chi connectivity index (χ0v) is 59.7. The SMILES string of the molecule is C=Cc1cccc(N(c2ccc3c(c2)C(C)(C)c2cc(N(c4cccc(C=C)c4)c4cccc5ccccc45)ccc2-3)c2cccc3ccccc23)c1.CC1(C)c2cc(N(c3cccc(C=O)c3)c3cccc4ccccc34)ccc2-c2ccc(N(c3cccc(C=O)c3)c3cccc4ccccc34)cc21. The molecule has 0 unspecified atom stereocenters. The molecule has 0 aromatic heterocycles. The number of rotatable bonds is 16. The Bertz CT molecular complexity index is 5430. The minimum Gasteiger partial charge on any atom is -0.310 e. The summed E-state index contributed by atoms with van der Waals surface area (Å²) in [6.07, 6.45) is 5.64. The summed E-state index contributed by atoms with van der Waals surface area (Å²) in [5.41, 5.74) is 25.6. The van der Waals surface area contributed by atoms with Gasteiger partial charge in [-0.25, -0.2) is 0 Å². The summed E-state index contributed by atoms with van der Waals surface area (Å²) in [5, 5.41) is 9.41. The molecule has 106 heavy (non-hydrogen) atoms. The summed E-state index contributed by atoms with van der Waals surface area (Å²) in [4.78, 5) is 33.2. The number of hydrogen-bond donors (Lipinski definition) is 0. The number of carbonyl (C=O) groups excluding carboxylic acids is 2. The van der Waals surface area contributed by atoms with E-state index in [-0.39, 0.29) is 10.8 Å². The Morgan fingerprint density at radius 2 is 0.453 bits per heavy atom. The second-order valence-electron chi connectivity index (χ2n) is 28.5. The number of benzene rings is 16. The minimum absolute atomic E-state index is 0.253. The maximum atomic E-state index is 11.9. The van der Waals surface area contributed by atoms with E-state index < -0.39 is 0 Å². The van der Waals surface area contributed by atoms with Gasteiger partial charge in [0.25, 0.3) is 0 Å². The van der Waals surface area contributed by atoms with Crippen LogP contribution in [0.5, 0.6) is 0 Å². The topological polar surface area (TPSA) is 47.1 Å². The Hall–Kier alpha value is -13.4. The molecular formula is C100H76N4O2. The van der Waals surface area contributed by atoms with E-state index in [1.807, 2.05) is 48.6 Å². The van der Waals surface area contributed by atoms with Gasteiger partial charge in [-0.3, -0.25) is 9.59 Å². The highest BCUT2D eigenvalue weighted by atomic mass is 16.1. The summed E-state index contributed by atoms with van der Waals surface area (Å²) >= 11 is 0. The molecule has 18 rings (SSSR count). The number of hydrogen-bond acceptors (Lipinski definition) is 6. The molecular weight excluding hydrogens is 1290 g/mol. The molecule has 6 nitrogen and oxygen atoms in total. The highest BCUT2D eigenvalue weighted by Gasteiger charge is 2.39. The van der Waals surface area contributed by atoms with Crippen LogP contribution in [0.15, 0.2) is 353 Å². The maximum absolute atomic E-state index is 11.9. The molecule has 0 fully saturated rings. The van der Waals surface area contributed by atoms with Crippen molar-refractivity contribution in [3.63, 3.8) is 0 Å². The number of fused-ring (bicyclic) bond motifs is 10. The van der Waals surface area contributed by atoms with Crippen molar-refractivity contribution >= 4 is 136 Å². The van der Waals surface area contributed by atoms with Crippen LogP contribution in [0.2, 0.25) is 0 Å². The van der Waals surface area contributed by atoms with Gasteiger partial charge >= 0.3 is 0 Å². The van der Waals surface area contributed by atoms with Gasteiger partial charge < -0.3 is 19.6 Å². The lowest BCUT2D eigenvalue weighted by atomic mass is 9.82. The molecule has 0 heterocycles. The fourth-order valence-corrected chi connectivity index (χ4v) is 16.4. The van der Waals surface area contributed by atoms with Crippen LogP contribution in [-0.2, 0) is 10.8 Å². The Morgan fingerprint density at radius 3 is 0.708 bits per heavy atom. The van der Waals surface area contributed by atoms with Crippen LogP contribution in [0, 0.1) is 0 Å². The molecule has 6 heteroatoms. The van der Waals surface area contributed by atoms with Crippen molar-refractivity contribution < 1.29 is 9.59 Å². The molecule has 0 saturated carbocycles. The van der Waals surface area contributed by atoms with Gasteiger partial charge in [0.2, 0.25) is 0 Å². The van der Waals surface area contributed by atoms with Crippen molar-refractivity contribution in [2.75, 3.05) is 19.6 Å². The van der Waals surface area contributed by atoms with Gasteiger partial charge in [0.05, 0.1) is 22.7 Å². The van der Waals surface area contributed by atoms with Crippen LogP contribution in [0.3, 0.4) is 0 Å². The molecule has 2 aliphatic carbocycles. The summed E-state index contributed by atoms with van der Waals surface area (Å²) in [6.45, 7) is 17.5. The lowest BCUT2D eigenvalue weighted by Crippen LogP contribution is -2.18. The maximum Gasteiger partial charge on any atom is 0.150 e. The first-order valence-corrected chi connectivity index (χ1v) is 36.1. The fraction of sp³-hybridized carbons (Fsp3) is 0.0600. The highest BCUT2D eigenvalue weighted by Crippen LogP contribution is 2.56. The van der Waals surface area contributed by atoms with Crippen LogP contribution in [0.4, 0.5) is 68.2 Å². The zero-order chi connectivity index (χ0) is 72.2. The lowest BCUT2D eigenvalue weighted by Gasteiger charge is -2.30. The van der Waals surface area contributed by atoms with Crippen molar-refractivity contribution in [1.29, 1.82) is 0 Å². The Balaban J connectivity index is 0.000000156. The van der Waals surface area contributed by atoms with Crippen LogP contribution < -0.4 is 19.6 Å². The van der Waals surface area contributed by atoms with Crippen LogP contribution in [-0.4, -0.2) is 12.6 Å². The third-order valence-electron chi connectivity index (χ3n) is 21.6. The molecule has 0 radical (unpaired) electrons. The predicted octanol–water partition coefficient (Wildman–Crippen LogP) is 27.4. The molecule has 0 bridgehead atoms. The summed E-state index contributed by atoms with van der Waals surface area (Å²) in [5.74, 6) is 0. The van der Waals surface area contributed by atoms with Gasteiger partial charge in [-0.15, -0.1) is 0 Å². The average molecular weight is 1370 g/mol. The van der Waals surface area contributed by atoms with E-state index in [9.17, 15) is 9.59 Å². The number of carbonyl (C=O) groups is 2. The van der Waals surface area contributed by atoms with Crippen molar-refractivity contribution in [3.05, 3.63) is 397 Å². The first-order chi connectivity index (χ1) is 51.9. The van der Waals surface area contributed by atoms with Gasteiger partial charge in [-0.1, -0.05) is 271 Å². The number of anilines is 12. The van der Waals surface area contributed by atoms with E-state index in [1.165, 1.54) is 66.1 Å². The summed E-state index contributed by atoms with van der Waals surface area (Å²) < 4.78 is 0. The molecule has 0 aliphatic heterocycles. The van der Waals surface area contributed by atoms with E-state index in [4.69, 9.17) is 0 Å². The third kappa shape index (κ3) is 11.6. The standard InChI is InChI=1S/C51H40N2.C49H36N2O2/c1-5-35-15-11-21-39(31-35)52(49-25-13-19-37-17-7-9-23-43(37)49)41-27-29-45-46-30-28-42(34-48(46)51(3,4)47(45)33-41)53(40-22-12-16-36(6-2)32-40)50-26-14-20-38-18-8-10-24-44(38)50;1-49(2)45-29-39(50(37-17-7-11-33(27-37)31-52)47-21-9-15-35-13-3-5-19-41(35)47)23-25-43(45)44-26-24-40(30-46(44)49)51(38-18-8-12-34(28-38)32-53)48-22-10-16-36-14-4-6-20-42(36)48/h5-34H,1-2H2,3-4H3;3-32H,1-2H3. The van der Waals surface area contributed by atoms with E-state index in [0.717, 1.165) is 113 Å². The molecule has 0 saturated heterocycles. The van der Waals surface area contributed by atoms with Crippen molar-refractivity contribution in [1.82, 2.24) is 0 Å². The smallest absolute Gasteiger partial charge is 0.150 e. The molecule has 508 valence electrons. The van der Waals surface area contributed by atoms with E-state index >= 15 is 0 Å². The molecule has 2 aliphatic rings. The largest absolute Gasteiger partial charge is 0.310 e. The lowest BCUT2D eigenvalue weighted by molar-refractivity contribution is 0.111. The van der Waals surface area contributed by atoms with Gasteiger partial charge in [-0.2, -0.15) is 0 Å². The first kappa shape index (κ1) is 65.9. The molecule has 0 spiro atoms. The van der Waals surface area contributed by atoms with Gasteiger partial charge in [0, 0.05) is 89.0 Å². The van der Waals surface area contributed by atoms with Gasteiger partial charge in [0.1, 0.15) is 12.6 Å². The van der Waals surface area contributed by atoms with Gasteiger partial charge in [-0.05, 0) is 199 Å². The minimum atomic E-state index is -0.333. The fourth-order valence-electron chi connectivity index (χ4n) is 16.4. The van der Waals surface area contributed by atoms with Crippen molar-refractivity contribution in [3.8, 4) is 22.3 Å². The predicted molar refractivity (Wildman–Crippen MR) is 448 cm³/mol. The number of nitrogens with zero attached hydrogens (tertiary/aromatic N) is 4. The Morgan fingerprint density at radius 1 is 0.236 bits per heavy atom. The van der Waals surface area contributed by atoms with Crippen molar-refractivity contribution in [2.45, 2.75) is 38.5 Å². The summed E-state index contributed by atoms with van der Waals surface area (Å²) in [7, 11) is 0. The van der Waals surface area contributed by atoms with E-state index in [1.54, 1.807) is 0 Å². The monoisotopic (exact) mass is 1360 g/mol. The third-order valence-corrected chi connectivity index (χ3v) is 21.6. The van der Waals surface area contributed by atoms with Crippen LogP contribution in [0.1, 0.15) is 81.8 Å². The van der Waals surface area contributed by atoms with Crippen molar-refractivity contribution in [2.24, 2.45) is 0 Å². The van der Waals surface area contributed by atoms with E-state index in [2.05, 4.69) is 364 Å². The normalized spacial score (nSPS) is 12.6. The molecule has 0 atom stereocenters. The second-order valence-corrected chi connectivity index (χ2v) is 28.5. The van der Waals surface area contributed by atoms with Gasteiger partial charge in [0.15, 0.2) is 0 Å². The second kappa shape index (κ2) is 27.1. The van der Waals surface area contributed by atoms with Crippen LogP contribution >= 0.6 is 0 Å². The quantitative estimate of drug-likeness (QED) is 0.0899. The molecule has 0 amide bonds. The average Bonchev–Trinajstić information content (AvgIpc) is 1.57. The van der Waals surface area contributed by atoms with Crippen LogP contribution in [0.25, 0.3) is 77.5 Å². The number of aldehydes is 2. The molecule has 16 aromatic carbocycles. The Kier molecular flexibility index (Phi) is 16.8. The molecule has 16 aromatic rings. The van der Waals surface area contributed by atoms with E-state index in [0.29, 0.717) is 11.1 Å². The first-order valence-electron chi connectivity index (χ1n) is 36.1. The zero-order valence-electron chi connectivity index (χ0n) is 59.7.